The van der Waals surface area contributed by atoms with Crippen LogP contribution in [0.1, 0.15) is 6.42 Å². The molecule has 1 fully saturated rings. The number of allylic oxidation sites excluding steroid dienone is 1. The number of ketones is 1. The minimum Gasteiger partial charge on any atom is -0.370 e. The summed E-state index contributed by atoms with van der Waals surface area (Å²) in [5.41, 5.74) is 0. The van der Waals surface area contributed by atoms with E-state index in [-0.39, 0.29) is 18.3 Å². The summed E-state index contributed by atoms with van der Waals surface area (Å²) in [5.74, 6) is -0.0672. The zero-order valence-electron chi connectivity index (χ0n) is 7.49. The van der Waals surface area contributed by atoms with E-state index < -0.39 is 0 Å². The van der Waals surface area contributed by atoms with Gasteiger partial charge < -0.3 is 9.64 Å². The van der Waals surface area contributed by atoms with E-state index in [1.165, 1.54) is 6.08 Å². The summed E-state index contributed by atoms with van der Waals surface area (Å²) >= 11 is 0. The summed E-state index contributed by atoms with van der Waals surface area (Å²) in [7, 11) is 0. The lowest BCUT2D eigenvalue weighted by atomic mass is 10.2. The van der Waals surface area contributed by atoms with E-state index in [1.807, 2.05) is 0 Å². The van der Waals surface area contributed by atoms with Gasteiger partial charge in [0.1, 0.15) is 6.61 Å². The molecule has 4 heteroatoms. The van der Waals surface area contributed by atoms with E-state index in [2.05, 4.69) is 6.58 Å². The summed E-state index contributed by atoms with van der Waals surface area (Å²) in [6.07, 6.45) is 1.64. The van der Waals surface area contributed by atoms with Crippen molar-refractivity contribution in [3.8, 4) is 0 Å². The van der Waals surface area contributed by atoms with Crippen LogP contribution in [-0.2, 0) is 14.3 Å². The average Bonchev–Trinajstić information content (AvgIpc) is 2.16. The molecule has 0 spiro atoms. The largest absolute Gasteiger partial charge is 0.370 e. The number of ether oxygens (including phenoxy) is 1. The standard InChI is InChI=1S/C9H13NO3/c1-2-8(11)3-4-10-5-6-13-7-9(10)12/h2H,1,3-7H2. The van der Waals surface area contributed by atoms with Crippen molar-refractivity contribution >= 4 is 11.7 Å². The molecule has 1 amide bonds. The fraction of sp³-hybridized carbons (Fsp3) is 0.556. The zero-order valence-corrected chi connectivity index (χ0v) is 7.49. The van der Waals surface area contributed by atoms with E-state index in [0.29, 0.717) is 26.1 Å². The third kappa shape index (κ3) is 2.99. The summed E-state index contributed by atoms with van der Waals surface area (Å²) in [6, 6.07) is 0. The van der Waals surface area contributed by atoms with Gasteiger partial charge in [0.2, 0.25) is 5.91 Å². The molecule has 1 aliphatic rings. The lowest BCUT2D eigenvalue weighted by molar-refractivity contribution is -0.142. The van der Waals surface area contributed by atoms with Crippen LogP contribution in [0.15, 0.2) is 12.7 Å². The highest BCUT2D eigenvalue weighted by Gasteiger charge is 2.18. The van der Waals surface area contributed by atoms with Crippen LogP contribution in [0.4, 0.5) is 0 Å². The van der Waals surface area contributed by atoms with Crippen LogP contribution < -0.4 is 0 Å². The molecule has 0 saturated carbocycles. The molecule has 1 aliphatic heterocycles. The number of hydrogen-bond acceptors (Lipinski definition) is 3. The molecular formula is C9H13NO3. The maximum Gasteiger partial charge on any atom is 0.248 e. The van der Waals surface area contributed by atoms with E-state index in [9.17, 15) is 9.59 Å². The molecule has 0 aromatic heterocycles. The highest BCUT2D eigenvalue weighted by atomic mass is 16.5. The Bertz CT molecular complexity index is 225. The molecular weight excluding hydrogens is 170 g/mol. The fourth-order valence-electron chi connectivity index (χ4n) is 1.13. The van der Waals surface area contributed by atoms with E-state index in [4.69, 9.17) is 4.74 Å². The SMILES string of the molecule is C=CC(=O)CCN1CCOCC1=O. The molecule has 1 heterocycles. The van der Waals surface area contributed by atoms with Crippen LogP contribution in [0.25, 0.3) is 0 Å². The van der Waals surface area contributed by atoms with Crippen molar-refractivity contribution in [1.82, 2.24) is 4.90 Å². The fourth-order valence-corrected chi connectivity index (χ4v) is 1.13. The lowest BCUT2D eigenvalue weighted by Gasteiger charge is -2.26. The van der Waals surface area contributed by atoms with E-state index >= 15 is 0 Å². The van der Waals surface area contributed by atoms with Gasteiger partial charge in [0.15, 0.2) is 5.78 Å². The molecule has 0 unspecified atom stereocenters. The number of amides is 1. The highest BCUT2D eigenvalue weighted by molar-refractivity contribution is 5.89. The van der Waals surface area contributed by atoms with Crippen LogP contribution in [0.2, 0.25) is 0 Å². The molecule has 1 saturated heterocycles. The quantitative estimate of drug-likeness (QED) is 0.576. The van der Waals surface area contributed by atoms with Gasteiger partial charge in [0.25, 0.3) is 0 Å². The van der Waals surface area contributed by atoms with Crippen LogP contribution in [0.5, 0.6) is 0 Å². The van der Waals surface area contributed by atoms with E-state index in [1.54, 1.807) is 4.90 Å². The first-order valence-corrected chi connectivity index (χ1v) is 4.25. The molecule has 1 rings (SSSR count). The Labute approximate surface area is 77.2 Å². The predicted molar refractivity (Wildman–Crippen MR) is 47.2 cm³/mol. The van der Waals surface area contributed by atoms with Gasteiger partial charge in [-0.2, -0.15) is 0 Å². The van der Waals surface area contributed by atoms with Crippen LogP contribution >= 0.6 is 0 Å². The maximum atomic E-state index is 11.2. The Morgan fingerprint density at radius 3 is 3.08 bits per heavy atom. The number of nitrogens with zero attached hydrogens (tertiary/aromatic N) is 1. The molecule has 4 nitrogen and oxygen atoms in total. The minimum atomic E-state index is -0.0388. The maximum absolute atomic E-state index is 11.2. The smallest absolute Gasteiger partial charge is 0.248 e. The Balaban J connectivity index is 2.30. The zero-order chi connectivity index (χ0) is 9.68. The normalized spacial score (nSPS) is 17.2. The highest BCUT2D eigenvalue weighted by Crippen LogP contribution is 2.00. The predicted octanol–water partition coefficient (Wildman–Crippen LogP) is -0.00960. The van der Waals surface area contributed by atoms with Gasteiger partial charge in [0.05, 0.1) is 6.61 Å². The molecule has 0 atom stereocenters. The first-order valence-electron chi connectivity index (χ1n) is 4.25. The Hall–Kier alpha value is -1.16. The average molecular weight is 183 g/mol. The van der Waals surface area contributed by atoms with Crippen molar-refractivity contribution in [2.75, 3.05) is 26.3 Å². The van der Waals surface area contributed by atoms with Gasteiger partial charge in [-0.25, -0.2) is 0 Å². The van der Waals surface area contributed by atoms with E-state index in [0.717, 1.165) is 0 Å². The van der Waals surface area contributed by atoms with Gasteiger partial charge in [-0.1, -0.05) is 6.58 Å². The molecule has 0 bridgehead atoms. The lowest BCUT2D eigenvalue weighted by Crippen LogP contribution is -2.42. The number of morpholine rings is 1. The Kier molecular flexibility index (Phi) is 3.64. The van der Waals surface area contributed by atoms with Gasteiger partial charge in [0, 0.05) is 19.5 Å². The van der Waals surface area contributed by atoms with Crippen LogP contribution in [0, 0.1) is 0 Å². The first-order chi connectivity index (χ1) is 6.24. The molecule has 0 aromatic carbocycles. The minimum absolute atomic E-state index is 0.0284. The van der Waals surface area contributed by atoms with Gasteiger partial charge in [-0.05, 0) is 6.08 Å². The third-order valence-corrected chi connectivity index (χ3v) is 1.94. The molecule has 0 aliphatic carbocycles. The Morgan fingerprint density at radius 1 is 1.69 bits per heavy atom. The number of carbonyl (C=O) groups excluding carboxylic acids is 2. The summed E-state index contributed by atoms with van der Waals surface area (Å²) in [5, 5.41) is 0. The van der Waals surface area contributed by atoms with Gasteiger partial charge >= 0.3 is 0 Å². The van der Waals surface area contributed by atoms with Gasteiger partial charge in [-0.15, -0.1) is 0 Å². The summed E-state index contributed by atoms with van der Waals surface area (Å²) in [6.45, 7) is 5.14. The number of hydrogen-bond donors (Lipinski definition) is 0. The molecule has 72 valence electrons. The summed E-state index contributed by atoms with van der Waals surface area (Å²) < 4.78 is 4.95. The van der Waals surface area contributed by atoms with Crippen molar-refractivity contribution in [1.29, 1.82) is 0 Å². The number of rotatable bonds is 4. The van der Waals surface area contributed by atoms with Crippen LogP contribution in [0.3, 0.4) is 0 Å². The molecule has 0 radical (unpaired) electrons. The number of carbonyl (C=O) groups is 2. The second-order valence-corrected chi connectivity index (χ2v) is 2.85. The molecule has 13 heavy (non-hydrogen) atoms. The second-order valence-electron chi connectivity index (χ2n) is 2.85. The van der Waals surface area contributed by atoms with Crippen molar-refractivity contribution in [2.45, 2.75) is 6.42 Å². The van der Waals surface area contributed by atoms with Crippen molar-refractivity contribution < 1.29 is 14.3 Å². The molecule has 0 aromatic rings. The van der Waals surface area contributed by atoms with Crippen LogP contribution in [-0.4, -0.2) is 42.9 Å². The topological polar surface area (TPSA) is 46.6 Å². The molecule has 0 N–H and O–H groups in total. The van der Waals surface area contributed by atoms with Crippen molar-refractivity contribution in [2.24, 2.45) is 0 Å². The second kappa shape index (κ2) is 4.77. The Morgan fingerprint density at radius 2 is 2.46 bits per heavy atom. The van der Waals surface area contributed by atoms with Crippen molar-refractivity contribution in [3.05, 3.63) is 12.7 Å². The monoisotopic (exact) mass is 183 g/mol. The third-order valence-electron chi connectivity index (χ3n) is 1.94. The van der Waals surface area contributed by atoms with Gasteiger partial charge in [-0.3, -0.25) is 9.59 Å². The van der Waals surface area contributed by atoms with Crippen molar-refractivity contribution in [3.63, 3.8) is 0 Å². The summed E-state index contributed by atoms with van der Waals surface area (Å²) in [4.78, 5) is 23.7. The first kappa shape index (κ1) is 9.92.